The molecular formula is C17H18N4OS. The van der Waals surface area contributed by atoms with Crippen LogP contribution in [-0.2, 0) is 0 Å². The van der Waals surface area contributed by atoms with E-state index in [0.29, 0.717) is 17.4 Å². The molecule has 1 amide bonds. The fourth-order valence-corrected chi connectivity index (χ4v) is 4.20. The molecule has 0 spiro atoms. The molecule has 23 heavy (non-hydrogen) atoms. The third-order valence-electron chi connectivity index (χ3n) is 4.48. The van der Waals surface area contributed by atoms with E-state index in [1.165, 1.54) is 30.6 Å². The molecule has 0 saturated heterocycles. The van der Waals surface area contributed by atoms with Gasteiger partial charge in [-0.05, 0) is 36.3 Å². The Labute approximate surface area is 138 Å². The van der Waals surface area contributed by atoms with Gasteiger partial charge in [0.2, 0.25) is 5.78 Å². The topological polar surface area (TPSA) is 59.3 Å². The van der Waals surface area contributed by atoms with E-state index in [-0.39, 0.29) is 11.9 Å². The number of hydrogen-bond donors (Lipinski definition) is 1. The Morgan fingerprint density at radius 2 is 2.22 bits per heavy atom. The highest BCUT2D eigenvalue weighted by molar-refractivity contribution is 7.10. The lowest BCUT2D eigenvalue weighted by Gasteiger charge is -2.23. The molecule has 6 heteroatoms. The van der Waals surface area contributed by atoms with Gasteiger partial charge in [0, 0.05) is 23.5 Å². The molecule has 3 aromatic heterocycles. The number of amides is 1. The maximum absolute atomic E-state index is 12.7. The summed E-state index contributed by atoms with van der Waals surface area (Å²) in [4.78, 5) is 22.4. The van der Waals surface area contributed by atoms with Crippen LogP contribution in [0, 0.1) is 5.92 Å². The number of aromatic nitrogens is 3. The molecule has 0 aliphatic heterocycles. The van der Waals surface area contributed by atoms with Gasteiger partial charge in [-0.15, -0.1) is 11.3 Å². The fraction of sp³-hybridized carbons (Fsp3) is 0.353. The van der Waals surface area contributed by atoms with Gasteiger partial charge in [0.15, 0.2) is 0 Å². The molecule has 5 nitrogen and oxygen atoms in total. The Morgan fingerprint density at radius 3 is 2.96 bits per heavy atom. The van der Waals surface area contributed by atoms with Crippen LogP contribution in [0.15, 0.2) is 42.2 Å². The predicted octanol–water partition coefficient (Wildman–Crippen LogP) is 3.45. The average molecular weight is 326 g/mol. The summed E-state index contributed by atoms with van der Waals surface area (Å²) < 4.78 is 1.77. The second kappa shape index (κ2) is 6.12. The molecule has 1 aliphatic rings. The van der Waals surface area contributed by atoms with E-state index < -0.39 is 0 Å². The summed E-state index contributed by atoms with van der Waals surface area (Å²) in [6.45, 7) is 0. The van der Waals surface area contributed by atoms with Gasteiger partial charge in [-0.2, -0.15) is 0 Å². The highest BCUT2D eigenvalue weighted by atomic mass is 32.1. The first kappa shape index (κ1) is 14.4. The molecule has 1 saturated carbocycles. The van der Waals surface area contributed by atoms with Gasteiger partial charge in [0.25, 0.3) is 5.91 Å². The Balaban J connectivity index is 1.59. The van der Waals surface area contributed by atoms with Crippen molar-refractivity contribution in [3.63, 3.8) is 0 Å². The largest absolute Gasteiger partial charge is 0.343 e. The van der Waals surface area contributed by atoms with Crippen molar-refractivity contribution in [3.8, 4) is 0 Å². The van der Waals surface area contributed by atoms with E-state index in [1.807, 2.05) is 18.3 Å². The maximum Gasteiger partial charge on any atom is 0.272 e. The summed E-state index contributed by atoms with van der Waals surface area (Å²) in [5.41, 5.74) is 0.420. The molecule has 0 radical (unpaired) electrons. The lowest BCUT2D eigenvalue weighted by Crippen LogP contribution is -2.32. The molecule has 1 N–H and O–H groups in total. The summed E-state index contributed by atoms with van der Waals surface area (Å²) in [5.74, 6) is 0.944. The van der Waals surface area contributed by atoms with Crippen molar-refractivity contribution in [2.75, 3.05) is 0 Å². The standard InChI is InChI=1S/C17H18N4OS/c22-16(13-11-21-9-4-8-18-17(21)19-13)20-15(12-5-1-2-6-12)14-7-3-10-23-14/h3-4,7-12,15H,1-2,5-6H2,(H,20,22)/t15-/m1/s1. The van der Waals surface area contributed by atoms with E-state index in [9.17, 15) is 4.79 Å². The van der Waals surface area contributed by atoms with Crippen LogP contribution in [0.2, 0.25) is 0 Å². The van der Waals surface area contributed by atoms with Crippen LogP contribution in [0.25, 0.3) is 5.78 Å². The van der Waals surface area contributed by atoms with Crippen molar-refractivity contribution in [2.24, 2.45) is 5.92 Å². The third kappa shape index (κ3) is 2.86. The van der Waals surface area contributed by atoms with Crippen molar-refractivity contribution in [3.05, 3.63) is 52.7 Å². The maximum atomic E-state index is 12.7. The minimum Gasteiger partial charge on any atom is -0.343 e. The minimum atomic E-state index is -0.124. The van der Waals surface area contributed by atoms with Gasteiger partial charge in [-0.3, -0.25) is 9.20 Å². The zero-order valence-electron chi connectivity index (χ0n) is 12.7. The van der Waals surface area contributed by atoms with Gasteiger partial charge in [0.05, 0.1) is 6.04 Å². The minimum absolute atomic E-state index is 0.0859. The first-order chi connectivity index (χ1) is 11.3. The molecule has 3 heterocycles. The Morgan fingerprint density at radius 1 is 1.35 bits per heavy atom. The average Bonchev–Trinajstić information content (AvgIpc) is 3.33. The summed E-state index contributed by atoms with van der Waals surface area (Å²) in [6, 6.07) is 6.06. The second-order valence-corrected chi connectivity index (χ2v) is 6.94. The van der Waals surface area contributed by atoms with Crippen molar-refractivity contribution < 1.29 is 4.79 Å². The normalized spacial score (nSPS) is 16.7. The summed E-state index contributed by atoms with van der Waals surface area (Å²) in [6.07, 6.45) is 10.1. The van der Waals surface area contributed by atoms with Crippen molar-refractivity contribution >= 4 is 23.0 Å². The monoisotopic (exact) mass is 326 g/mol. The highest BCUT2D eigenvalue weighted by Gasteiger charge is 2.29. The van der Waals surface area contributed by atoms with Crippen molar-refractivity contribution in [1.29, 1.82) is 0 Å². The molecule has 0 unspecified atom stereocenters. The Hall–Kier alpha value is -2.21. The second-order valence-electron chi connectivity index (χ2n) is 5.96. The van der Waals surface area contributed by atoms with Crippen LogP contribution >= 0.6 is 11.3 Å². The van der Waals surface area contributed by atoms with Crippen LogP contribution in [0.5, 0.6) is 0 Å². The van der Waals surface area contributed by atoms with Crippen LogP contribution in [0.1, 0.15) is 47.1 Å². The number of rotatable bonds is 4. The van der Waals surface area contributed by atoms with Crippen molar-refractivity contribution in [1.82, 2.24) is 19.7 Å². The molecule has 1 atom stereocenters. The van der Waals surface area contributed by atoms with E-state index in [1.54, 1.807) is 28.1 Å². The van der Waals surface area contributed by atoms with Gasteiger partial charge in [0.1, 0.15) is 5.69 Å². The van der Waals surface area contributed by atoms with Crippen LogP contribution in [0.3, 0.4) is 0 Å². The number of hydrogen-bond acceptors (Lipinski definition) is 4. The zero-order chi connectivity index (χ0) is 15.6. The highest BCUT2D eigenvalue weighted by Crippen LogP contribution is 2.37. The smallest absolute Gasteiger partial charge is 0.272 e. The fourth-order valence-electron chi connectivity index (χ4n) is 3.33. The Bertz CT molecular complexity index is 772. The lowest BCUT2D eigenvalue weighted by atomic mass is 9.96. The lowest BCUT2D eigenvalue weighted by molar-refractivity contribution is 0.0918. The molecular weight excluding hydrogens is 308 g/mol. The number of carbonyl (C=O) groups excluding carboxylic acids is 1. The molecule has 1 fully saturated rings. The third-order valence-corrected chi connectivity index (χ3v) is 5.43. The number of imidazole rings is 1. The molecule has 4 rings (SSSR count). The molecule has 0 bridgehead atoms. The van der Waals surface area contributed by atoms with Gasteiger partial charge >= 0.3 is 0 Å². The van der Waals surface area contributed by atoms with Crippen LogP contribution < -0.4 is 5.32 Å². The number of thiophene rings is 1. The molecule has 3 aromatic rings. The van der Waals surface area contributed by atoms with E-state index >= 15 is 0 Å². The zero-order valence-corrected chi connectivity index (χ0v) is 13.5. The van der Waals surface area contributed by atoms with E-state index in [2.05, 4.69) is 26.7 Å². The molecule has 118 valence electrons. The number of nitrogens with one attached hydrogen (secondary N) is 1. The first-order valence-electron chi connectivity index (χ1n) is 7.95. The number of carbonyl (C=O) groups is 1. The van der Waals surface area contributed by atoms with Crippen LogP contribution in [-0.4, -0.2) is 20.3 Å². The predicted molar refractivity (Wildman–Crippen MR) is 89.5 cm³/mol. The van der Waals surface area contributed by atoms with Crippen LogP contribution in [0.4, 0.5) is 0 Å². The van der Waals surface area contributed by atoms with Gasteiger partial charge < -0.3 is 5.32 Å². The van der Waals surface area contributed by atoms with Gasteiger partial charge in [-0.1, -0.05) is 18.9 Å². The van der Waals surface area contributed by atoms with Gasteiger partial charge in [-0.25, -0.2) is 9.97 Å². The number of nitrogens with zero attached hydrogens (tertiary/aromatic N) is 3. The molecule has 0 aromatic carbocycles. The Kier molecular flexibility index (Phi) is 3.83. The SMILES string of the molecule is O=C(N[C@@H](c1cccs1)C1CCCC1)c1cn2cccnc2n1. The summed E-state index contributed by atoms with van der Waals surface area (Å²) >= 11 is 1.71. The number of fused-ring (bicyclic) bond motifs is 1. The first-order valence-corrected chi connectivity index (χ1v) is 8.83. The van der Waals surface area contributed by atoms with E-state index in [4.69, 9.17) is 0 Å². The molecule has 1 aliphatic carbocycles. The quantitative estimate of drug-likeness (QED) is 0.799. The summed E-state index contributed by atoms with van der Waals surface area (Å²) in [5, 5.41) is 5.27. The summed E-state index contributed by atoms with van der Waals surface area (Å²) in [7, 11) is 0. The van der Waals surface area contributed by atoms with E-state index in [0.717, 1.165) is 0 Å². The van der Waals surface area contributed by atoms with Crippen molar-refractivity contribution in [2.45, 2.75) is 31.7 Å².